The standard InChI is InChI=1S/C15H20O3/c1-8-4-5-10-9(2)13(16)17-12(10)15-11(8)6-7-14(15,3)18-15/h8,10-12H,2,4-7H2,1,3H3/t8-,10-,11-,12+,14+,15+/m0/s1. The number of epoxide rings is 1. The molecule has 4 rings (SSSR count). The van der Waals surface area contributed by atoms with Crippen molar-refractivity contribution < 1.29 is 14.3 Å². The van der Waals surface area contributed by atoms with Crippen LogP contribution in [0.25, 0.3) is 0 Å². The number of ether oxygens (including phenoxy) is 2. The fourth-order valence-electron chi connectivity index (χ4n) is 4.95. The van der Waals surface area contributed by atoms with Gasteiger partial charge in [0, 0.05) is 11.5 Å². The molecule has 2 aliphatic heterocycles. The fraction of sp³-hybridized carbons (Fsp3) is 0.800. The van der Waals surface area contributed by atoms with E-state index < -0.39 is 0 Å². The molecule has 1 spiro atoms. The van der Waals surface area contributed by atoms with Crippen LogP contribution in [0.15, 0.2) is 12.2 Å². The second-order valence-electron chi connectivity index (χ2n) is 6.78. The van der Waals surface area contributed by atoms with E-state index >= 15 is 0 Å². The van der Waals surface area contributed by atoms with E-state index in [9.17, 15) is 4.79 Å². The number of hydrogen-bond donors (Lipinski definition) is 0. The van der Waals surface area contributed by atoms with E-state index in [0.29, 0.717) is 17.4 Å². The second kappa shape index (κ2) is 3.01. The Kier molecular flexibility index (Phi) is 1.84. The van der Waals surface area contributed by atoms with Crippen molar-refractivity contribution in [3.05, 3.63) is 12.2 Å². The minimum absolute atomic E-state index is 0.0515. The molecule has 2 aliphatic carbocycles. The first-order valence-electron chi connectivity index (χ1n) is 7.09. The predicted molar refractivity (Wildman–Crippen MR) is 65.9 cm³/mol. The average molecular weight is 248 g/mol. The van der Waals surface area contributed by atoms with E-state index in [4.69, 9.17) is 9.47 Å². The molecule has 3 nitrogen and oxygen atoms in total. The first kappa shape index (κ1) is 11.0. The van der Waals surface area contributed by atoms with Crippen LogP contribution in [0.2, 0.25) is 0 Å². The van der Waals surface area contributed by atoms with Gasteiger partial charge in [0.05, 0.1) is 5.60 Å². The lowest BCUT2D eigenvalue weighted by Crippen LogP contribution is -2.42. The van der Waals surface area contributed by atoms with Gasteiger partial charge in [-0.15, -0.1) is 0 Å². The summed E-state index contributed by atoms with van der Waals surface area (Å²) in [5, 5.41) is 0. The zero-order valence-corrected chi connectivity index (χ0v) is 11.1. The maximum Gasteiger partial charge on any atom is 0.334 e. The van der Waals surface area contributed by atoms with Crippen molar-refractivity contribution >= 4 is 5.97 Å². The summed E-state index contributed by atoms with van der Waals surface area (Å²) in [6.07, 6.45) is 4.43. The first-order valence-corrected chi connectivity index (χ1v) is 7.09. The largest absolute Gasteiger partial charge is 0.455 e. The molecule has 0 radical (unpaired) electrons. The summed E-state index contributed by atoms with van der Waals surface area (Å²) < 4.78 is 11.8. The SMILES string of the molecule is C=C1C(=O)O[C@@H]2[C@H]1CC[C@H](C)[C@@H]1CC[C@@]3(C)O[C@@]213. The third-order valence-corrected chi connectivity index (χ3v) is 6.01. The molecule has 0 aromatic heterocycles. The molecule has 4 aliphatic rings. The molecule has 2 heterocycles. The Morgan fingerprint density at radius 3 is 2.83 bits per heavy atom. The number of esters is 1. The summed E-state index contributed by atoms with van der Waals surface area (Å²) in [4.78, 5) is 11.8. The molecule has 0 N–H and O–H groups in total. The van der Waals surface area contributed by atoms with Crippen molar-refractivity contribution in [2.45, 2.75) is 56.8 Å². The van der Waals surface area contributed by atoms with Crippen LogP contribution in [-0.4, -0.2) is 23.3 Å². The predicted octanol–water partition coefficient (Wildman–Crippen LogP) is 2.45. The van der Waals surface area contributed by atoms with Crippen LogP contribution in [0.3, 0.4) is 0 Å². The zero-order chi connectivity index (χ0) is 12.7. The molecule has 2 saturated carbocycles. The number of carbonyl (C=O) groups is 1. The Morgan fingerprint density at radius 2 is 2.11 bits per heavy atom. The van der Waals surface area contributed by atoms with Crippen LogP contribution in [0.1, 0.15) is 39.5 Å². The van der Waals surface area contributed by atoms with E-state index in [1.165, 1.54) is 6.42 Å². The van der Waals surface area contributed by atoms with Gasteiger partial charge < -0.3 is 9.47 Å². The molecule has 0 unspecified atom stereocenters. The molecule has 0 bridgehead atoms. The highest BCUT2D eigenvalue weighted by Crippen LogP contribution is 2.70. The lowest BCUT2D eigenvalue weighted by atomic mass is 9.77. The molecule has 0 amide bonds. The molecule has 2 saturated heterocycles. The van der Waals surface area contributed by atoms with E-state index in [1.807, 2.05) is 0 Å². The summed E-state index contributed by atoms with van der Waals surface area (Å²) in [7, 11) is 0. The van der Waals surface area contributed by atoms with Crippen molar-refractivity contribution in [1.82, 2.24) is 0 Å². The number of hydrogen-bond acceptors (Lipinski definition) is 3. The molecule has 4 fully saturated rings. The summed E-state index contributed by atoms with van der Waals surface area (Å²) in [5.74, 6) is 1.20. The monoisotopic (exact) mass is 248 g/mol. The van der Waals surface area contributed by atoms with Gasteiger partial charge in [-0.25, -0.2) is 4.79 Å². The van der Waals surface area contributed by atoms with Crippen LogP contribution >= 0.6 is 0 Å². The van der Waals surface area contributed by atoms with E-state index in [2.05, 4.69) is 20.4 Å². The molecule has 0 aromatic carbocycles. The van der Waals surface area contributed by atoms with Gasteiger partial charge in [-0.1, -0.05) is 13.5 Å². The van der Waals surface area contributed by atoms with Crippen LogP contribution in [-0.2, 0) is 14.3 Å². The average Bonchev–Trinajstić information content (AvgIpc) is 2.73. The van der Waals surface area contributed by atoms with Crippen LogP contribution < -0.4 is 0 Å². The number of fused-ring (bicyclic) bond motifs is 1. The quantitative estimate of drug-likeness (QED) is 0.375. The van der Waals surface area contributed by atoms with Crippen LogP contribution in [0.5, 0.6) is 0 Å². The third kappa shape index (κ3) is 1.00. The highest BCUT2D eigenvalue weighted by atomic mass is 16.7. The normalized spacial score (nSPS) is 57.4. The Morgan fingerprint density at radius 1 is 1.33 bits per heavy atom. The van der Waals surface area contributed by atoms with Crippen LogP contribution in [0.4, 0.5) is 0 Å². The van der Waals surface area contributed by atoms with Gasteiger partial charge in [-0.2, -0.15) is 0 Å². The van der Waals surface area contributed by atoms with Crippen molar-refractivity contribution in [3.63, 3.8) is 0 Å². The van der Waals surface area contributed by atoms with Crippen molar-refractivity contribution in [2.75, 3.05) is 0 Å². The molecular weight excluding hydrogens is 228 g/mol. The summed E-state index contributed by atoms with van der Waals surface area (Å²) >= 11 is 0. The van der Waals surface area contributed by atoms with Crippen molar-refractivity contribution in [3.8, 4) is 0 Å². The lowest BCUT2D eigenvalue weighted by molar-refractivity contribution is -0.143. The van der Waals surface area contributed by atoms with Crippen LogP contribution in [0, 0.1) is 17.8 Å². The minimum Gasteiger partial charge on any atom is -0.455 e. The molecule has 18 heavy (non-hydrogen) atoms. The third-order valence-electron chi connectivity index (χ3n) is 6.01. The van der Waals surface area contributed by atoms with Crippen molar-refractivity contribution in [2.24, 2.45) is 17.8 Å². The number of rotatable bonds is 0. The maximum absolute atomic E-state index is 11.8. The topological polar surface area (TPSA) is 38.8 Å². The summed E-state index contributed by atoms with van der Waals surface area (Å²) in [6.45, 7) is 8.46. The Bertz CT molecular complexity index is 457. The Balaban J connectivity index is 1.81. The summed E-state index contributed by atoms with van der Waals surface area (Å²) in [6, 6.07) is 0. The molecule has 98 valence electrons. The molecule has 0 aromatic rings. The summed E-state index contributed by atoms with van der Waals surface area (Å²) in [5.41, 5.74) is 0.430. The molecule has 3 heteroatoms. The van der Waals surface area contributed by atoms with E-state index in [0.717, 1.165) is 19.3 Å². The Hall–Kier alpha value is -0.830. The van der Waals surface area contributed by atoms with Crippen molar-refractivity contribution in [1.29, 1.82) is 0 Å². The Labute approximate surface area is 108 Å². The highest BCUT2D eigenvalue weighted by molar-refractivity contribution is 5.91. The zero-order valence-electron chi connectivity index (χ0n) is 11.1. The van der Waals surface area contributed by atoms with Gasteiger partial charge >= 0.3 is 5.97 Å². The van der Waals surface area contributed by atoms with Gasteiger partial charge in [0.2, 0.25) is 0 Å². The van der Waals surface area contributed by atoms with Gasteiger partial charge in [-0.3, -0.25) is 0 Å². The fourth-order valence-corrected chi connectivity index (χ4v) is 4.95. The first-order chi connectivity index (χ1) is 8.49. The smallest absolute Gasteiger partial charge is 0.334 e. The highest BCUT2D eigenvalue weighted by Gasteiger charge is 2.81. The lowest BCUT2D eigenvalue weighted by Gasteiger charge is -2.28. The molecular formula is C15H20O3. The van der Waals surface area contributed by atoms with Gasteiger partial charge in [0.1, 0.15) is 11.7 Å². The van der Waals surface area contributed by atoms with Gasteiger partial charge in [0.25, 0.3) is 0 Å². The van der Waals surface area contributed by atoms with Gasteiger partial charge in [-0.05, 0) is 44.4 Å². The maximum atomic E-state index is 11.8. The van der Waals surface area contributed by atoms with E-state index in [1.54, 1.807) is 0 Å². The second-order valence-corrected chi connectivity index (χ2v) is 6.78. The van der Waals surface area contributed by atoms with E-state index in [-0.39, 0.29) is 29.2 Å². The van der Waals surface area contributed by atoms with Gasteiger partial charge in [0.15, 0.2) is 0 Å². The minimum atomic E-state index is -0.197. The molecule has 6 atom stereocenters. The number of carbonyl (C=O) groups excluding carboxylic acids is 1.